The van der Waals surface area contributed by atoms with Crippen molar-refractivity contribution < 1.29 is 14.3 Å². The predicted molar refractivity (Wildman–Crippen MR) is 127 cm³/mol. The highest BCUT2D eigenvalue weighted by Gasteiger charge is 2.28. The van der Waals surface area contributed by atoms with Crippen molar-refractivity contribution in [2.24, 2.45) is 0 Å². The summed E-state index contributed by atoms with van der Waals surface area (Å²) >= 11 is 0. The zero-order chi connectivity index (χ0) is 22.2. The molecule has 0 aliphatic carbocycles. The van der Waals surface area contributed by atoms with E-state index in [0.717, 1.165) is 28.6 Å². The second-order valence-corrected chi connectivity index (χ2v) is 8.20. The lowest BCUT2D eigenvalue weighted by Crippen LogP contribution is -1.99. The summed E-state index contributed by atoms with van der Waals surface area (Å²) in [5.74, 6) is 1.46. The number of ketones is 1. The summed E-state index contributed by atoms with van der Waals surface area (Å²) in [6.45, 7) is 7.59. The molecule has 4 nitrogen and oxygen atoms in total. The van der Waals surface area contributed by atoms with Crippen molar-refractivity contribution in [3.8, 4) is 11.5 Å². The zero-order valence-corrected chi connectivity index (χ0v) is 18.5. The van der Waals surface area contributed by atoms with E-state index in [-0.39, 0.29) is 5.78 Å². The lowest BCUT2D eigenvalue weighted by molar-refractivity contribution is 0.101. The Morgan fingerprint density at radius 2 is 1.88 bits per heavy atom. The number of hydrogen-bond acceptors (Lipinski definition) is 3. The van der Waals surface area contributed by atoms with Gasteiger partial charge in [-0.05, 0) is 56.2 Å². The maximum absolute atomic E-state index is 12.9. The third-order valence-corrected chi connectivity index (χ3v) is 5.99. The Hall–Kier alpha value is -3.79. The fraction of sp³-hybridized carbons (Fsp3) is 0.179. The largest absolute Gasteiger partial charge is 0.489 e. The first-order valence-corrected chi connectivity index (χ1v) is 10.9. The van der Waals surface area contributed by atoms with Gasteiger partial charge in [0.1, 0.15) is 18.1 Å². The molecule has 0 radical (unpaired) electrons. The molecule has 1 aliphatic heterocycles. The molecule has 3 aromatic carbocycles. The van der Waals surface area contributed by atoms with Gasteiger partial charge in [-0.2, -0.15) is 0 Å². The van der Waals surface area contributed by atoms with Gasteiger partial charge >= 0.3 is 0 Å². The maximum atomic E-state index is 12.9. The highest BCUT2D eigenvalue weighted by Crippen LogP contribution is 2.36. The molecule has 1 aliphatic rings. The Balaban J connectivity index is 1.40. The molecule has 1 aromatic heterocycles. The van der Waals surface area contributed by atoms with Crippen LogP contribution in [-0.2, 0) is 13.2 Å². The van der Waals surface area contributed by atoms with Gasteiger partial charge < -0.3 is 14.0 Å². The van der Waals surface area contributed by atoms with Crippen molar-refractivity contribution in [2.45, 2.75) is 33.9 Å². The molecule has 4 aromatic rings. The van der Waals surface area contributed by atoms with E-state index in [4.69, 9.17) is 9.47 Å². The van der Waals surface area contributed by atoms with Crippen LogP contribution in [0.15, 0.2) is 72.6 Å². The van der Waals surface area contributed by atoms with E-state index < -0.39 is 0 Å². The van der Waals surface area contributed by atoms with E-state index in [2.05, 4.69) is 61.9 Å². The molecule has 0 spiro atoms. The van der Waals surface area contributed by atoms with E-state index in [1.807, 2.05) is 24.3 Å². The molecule has 0 amide bonds. The van der Waals surface area contributed by atoms with Gasteiger partial charge in [0.15, 0.2) is 5.76 Å². The summed E-state index contributed by atoms with van der Waals surface area (Å²) in [5, 5.41) is 1.10. The monoisotopic (exact) mass is 423 g/mol. The number of fused-ring (bicyclic) bond motifs is 2. The standard InChI is InChI=1S/C28H25NO3/c1-4-29-16-20(23-7-5-6-8-25(23)29)14-27-28(30)24-12-11-22(15-26(24)32-27)31-17-21-13-18(2)9-10-19(21)3/h5-16H,4,17H2,1-3H3. The number of hydrogen-bond donors (Lipinski definition) is 0. The highest BCUT2D eigenvalue weighted by molar-refractivity contribution is 6.15. The Morgan fingerprint density at radius 3 is 2.72 bits per heavy atom. The molecule has 0 saturated carbocycles. The van der Waals surface area contributed by atoms with E-state index >= 15 is 0 Å². The molecule has 160 valence electrons. The first kappa shape index (κ1) is 20.1. The Kier molecular flexibility index (Phi) is 5.06. The first-order chi connectivity index (χ1) is 15.5. The molecular weight excluding hydrogens is 398 g/mol. The number of ether oxygens (including phenoxy) is 2. The van der Waals surface area contributed by atoms with E-state index in [9.17, 15) is 4.79 Å². The lowest BCUT2D eigenvalue weighted by Gasteiger charge is -2.10. The van der Waals surface area contributed by atoms with Gasteiger partial charge in [-0.25, -0.2) is 0 Å². The molecule has 5 rings (SSSR count). The van der Waals surface area contributed by atoms with Gasteiger partial charge in [-0.15, -0.1) is 0 Å². The summed E-state index contributed by atoms with van der Waals surface area (Å²) in [6, 6.07) is 19.9. The quantitative estimate of drug-likeness (QED) is 0.345. The topological polar surface area (TPSA) is 40.5 Å². The molecule has 4 heteroatoms. The predicted octanol–water partition coefficient (Wildman–Crippen LogP) is 6.47. The van der Waals surface area contributed by atoms with Crippen molar-refractivity contribution in [1.29, 1.82) is 0 Å². The Bertz CT molecular complexity index is 1380. The molecule has 0 saturated heterocycles. The number of carbonyl (C=O) groups excluding carboxylic acids is 1. The normalized spacial score (nSPS) is 14.1. The van der Waals surface area contributed by atoms with Crippen LogP contribution in [0.3, 0.4) is 0 Å². The number of benzene rings is 3. The van der Waals surface area contributed by atoms with Gasteiger partial charge in [0.2, 0.25) is 5.78 Å². The summed E-state index contributed by atoms with van der Waals surface area (Å²) in [4.78, 5) is 12.9. The second kappa shape index (κ2) is 8.04. The van der Waals surface area contributed by atoms with E-state index in [1.54, 1.807) is 12.1 Å². The molecule has 2 heterocycles. The van der Waals surface area contributed by atoms with E-state index in [0.29, 0.717) is 29.4 Å². The molecule has 0 N–H and O–H groups in total. The number of Topliss-reactive ketones (excluding diaryl/α,β-unsaturated/α-hetero) is 1. The summed E-state index contributed by atoms with van der Waals surface area (Å²) in [5.41, 5.74) is 6.23. The van der Waals surface area contributed by atoms with Gasteiger partial charge in [0, 0.05) is 35.3 Å². The minimum absolute atomic E-state index is 0.102. The van der Waals surface area contributed by atoms with Crippen LogP contribution in [0.25, 0.3) is 17.0 Å². The van der Waals surface area contributed by atoms with Crippen LogP contribution in [0, 0.1) is 13.8 Å². The van der Waals surface area contributed by atoms with Crippen molar-refractivity contribution in [3.63, 3.8) is 0 Å². The maximum Gasteiger partial charge on any atom is 0.231 e. The number of nitrogens with zero attached hydrogens (tertiary/aromatic N) is 1. The number of aromatic nitrogens is 1. The lowest BCUT2D eigenvalue weighted by atomic mass is 10.1. The van der Waals surface area contributed by atoms with Gasteiger partial charge in [-0.1, -0.05) is 42.0 Å². The molecule has 0 atom stereocenters. The van der Waals surface area contributed by atoms with Gasteiger partial charge in [0.05, 0.1) is 5.56 Å². The van der Waals surface area contributed by atoms with Crippen LogP contribution in [-0.4, -0.2) is 10.4 Å². The first-order valence-electron chi connectivity index (χ1n) is 10.9. The number of para-hydroxylation sites is 1. The number of allylic oxidation sites excluding steroid dienone is 1. The molecular formula is C28H25NO3. The molecule has 0 bridgehead atoms. The zero-order valence-electron chi connectivity index (χ0n) is 18.5. The molecule has 32 heavy (non-hydrogen) atoms. The third-order valence-electron chi connectivity index (χ3n) is 5.99. The fourth-order valence-corrected chi connectivity index (χ4v) is 4.17. The highest BCUT2D eigenvalue weighted by atomic mass is 16.5. The number of carbonyl (C=O) groups is 1. The number of rotatable bonds is 5. The minimum Gasteiger partial charge on any atom is -0.489 e. The SMILES string of the molecule is CCn1cc(C=C2Oc3cc(OCc4cc(C)ccc4C)ccc3C2=O)c2ccccc21. The fourth-order valence-electron chi connectivity index (χ4n) is 4.17. The molecule has 0 fully saturated rings. The van der Waals surface area contributed by atoms with Crippen LogP contribution in [0.1, 0.15) is 39.5 Å². The summed E-state index contributed by atoms with van der Waals surface area (Å²) in [6.07, 6.45) is 3.91. The van der Waals surface area contributed by atoms with Crippen molar-refractivity contribution >= 4 is 22.8 Å². The summed E-state index contributed by atoms with van der Waals surface area (Å²) in [7, 11) is 0. The van der Waals surface area contributed by atoms with Crippen LogP contribution >= 0.6 is 0 Å². The minimum atomic E-state index is -0.102. The van der Waals surface area contributed by atoms with Crippen molar-refractivity contribution in [2.75, 3.05) is 0 Å². The van der Waals surface area contributed by atoms with E-state index in [1.165, 1.54) is 11.1 Å². The molecule has 0 unspecified atom stereocenters. The average molecular weight is 424 g/mol. The Labute approximate surface area is 187 Å². The number of aryl methyl sites for hydroxylation is 3. The van der Waals surface area contributed by atoms with Crippen molar-refractivity contribution in [3.05, 3.63) is 100 Å². The summed E-state index contributed by atoms with van der Waals surface area (Å²) < 4.78 is 14.2. The van der Waals surface area contributed by atoms with Gasteiger partial charge in [-0.3, -0.25) is 4.79 Å². The van der Waals surface area contributed by atoms with Crippen LogP contribution in [0.2, 0.25) is 0 Å². The van der Waals surface area contributed by atoms with Crippen LogP contribution in [0.5, 0.6) is 11.5 Å². The van der Waals surface area contributed by atoms with Crippen LogP contribution < -0.4 is 9.47 Å². The van der Waals surface area contributed by atoms with Gasteiger partial charge in [0.25, 0.3) is 0 Å². The van der Waals surface area contributed by atoms with Crippen LogP contribution in [0.4, 0.5) is 0 Å². The van der Waals surface area contributed by atoms with Crippen molar-refractivity contribution in [1.82, 2.24) is 4.57 Å². The Morgan fingerprint density at radius 1 is 1.03 bits per heavy atom. The smallest absolute Gasteiger partial charge is 0.231 e. The average Bonchev–Trinajstić information content (AvgIpc) is 3.31. The second-order valence-electron chi connectivity index (χ2n) is 8.20. The third kappa shape index (κ3) is 3.58.